The average Bonchev–Trinajstić information content (AvgIpc) is 2.78. The highest BCUT2D eigenvalue weighted by atomic mass is 35.5. The maximum atomic E-state index is 14.5. The molecular formula is C17H12ClF2NO2. The summed E-state index contributed by atoms with van der Waals surface area (Å²) in [7, 11) is 0. The van der Waals surface area contributed by atoms with Gasteiger partial charge in [0.2, 0.25) is 0 Å². The highest BCUT2D eigenvalue weighted by molar-refractivity contribution is 6.31. The summed E-state index contributed by atoms with van der Waals surface area (Å²) in [5.74, 6) is -3.69. The summed E-state index contributed by atoms with van der Waals surface area (Å²) in [6, 6.07) is 9.87. The van der Waals surface area contributed by atoms with Gasteiger partial charge in [0.05, 0.1) is 23.4 Å². The number of carbonyl (C=O) groups excluding carboxylic acids is 1. The van der Waals surface area contributed by atoms with Gasteiger partial charge in [-0.1, -0.05) is 23.7 Å². The molecule has 3 nitrogen and oxygen atoms in total. The zero-order valence-electron chi connectivity index (χ0n) is 12.1. The fourth-order valence-electron chi connectivity index (χ4n) is 2.41. The Morgan fingerprint density at radius 1 is 1.22 bits per heavy atom. The lowest BCUT2D eigenvalue weighted by Crippen LogP contribution is -2.23. The summed E-state index contributed by atoms with van der Waals surface area (Å²) >= 11 is 5.83. The second-order valence-electron chi connectivity index (χ2n) is 4.99. The first-order valence-corrected chi connectivity index (χ1v) is 7.36. The van der Waals surface area contributed by atoms with Gasteiger partial charge in [0.25, 0.3) is 0 Å². The molecule has 0 bridgehead atoms. The molecule has 0 unspecified atom stereocenters. The van der Waals surface area contributed by atoms with E-state index in [-0.39, 0.29) is 29.1 Å². The number of benzene rings is 2. The summed E-state index contributed by atoms with van der Waals surface area (Å²) < 4.78 is 33.9. The SMILES string of the molecule is CCOC(=O)c1ccc(C2=Nc3cc(Cl)ccc3C2(F)F)cc1. The first-order chi connectivity index (χ1) is 10.9. The summed E-state index contributed by atoms with van der Waals surface area (Å²) in [6.45, 7) is 1.95. The fourth-order valence-corrected chi connectivity index (χ4v) is 2.57. The van der Waals surface area contributed by atoms with Gasteiger partial charge >= 0.3 is 11.9 Å². The van der Waals surface area contributed by atoms with Gasteiger partial charge < -0.3 is 4.74 Å². The fraction of sp³-hybridized carbons (Fsp3) is 0.176. The minimum Gasteiger partial charge on any atom is -0.462 e. The zero-order valence-corrected chi connectivity index (χ0v) is 12.9. The lowest BCUT2D eigenvalue weighted by molar-refractivity contribution is 0.0526. The van der Waals surface area contributed by atoms with Crippen LogP contribution in [-0.2, 0) is 10.7 Å². The Hall–Kier alpha value is -2.27. The van der Waals surface area contributed by atoms with Crippen LogP contribution in [0.1, 0.15) is 28.4 Å². The highest BCUT2D eigenvalue weighted by Crippen LogP contribution is 2.45. The maximum absolute atomic E-state index is 14.5. The number of ether oxygens (including phenoxy) is 1. The van der Waals surface area contributed by atoms with Gasteiger partial charge in [-0.05, 0) is 37.3 Å². The van der Waals surface area contributed by atoms with Crippen molar-refractivity contribution in [3.63, 3.8) is 0 Å². The van der Waals surface area contributed by atoms with E-state index in [0.717, 1.165) is 0 Å². The van der Waals surface area contributed by atoms with Gasteiger partial charge in [-0.25, -0.2) is 9.79 Å². The van der Waals surface area contributed by atoms with Crippen LogP contribution in [0.2, 0.25) is 5.02 Å². The number of alkyl halides is 2. The number of esters is 1. The van der Waals surface area contributed by atoms with E-state index >= 15 is 0 Å². The molecule has 0 saturated carbocycles. The molecule has 0 amide bonds. The topological polar surface area (TPSA) is 38.7 Å². The largest absolute Gasteiger partial charge is 0.462 e. The van der Waals surface area contributed by atoms with Crippen molar-refractivity contribution in [2.45, 2.75) is 12.8 Å². The first kappa shape index (κ1) is 15.6. The standard InChI is InChI=1S/C17H12ClF2NO2/c1-2-23-16(22)11-5-3-10(4-6-11)15-17(19,20)13-8-7-12(18)9-14(13)21-15/h3-9H,2H2,1H3. The Bertz CT molecular complexity index is 801. The first-order valence-electron chi connectivity index (χ1n) is 6.98. The monoisotopic (exact) mass is 335 g/mol. The number of aliphatic imine (C=N–C) groups is 1. The smallest absolute Gasteiger partial charge is 0.338 e. The van der Waals surface area contributed by atoms with Gasteiger partial charge in [-0.3, -0.25) is 0 Å². The van der Waals surface area contributed by atoms with Crippen molar-refractivity contribution in [2.24, 2.45) is 4.99 Å². The molecule has 1 aliphatic rings. The van der Waals surface area contributed by atoms with Crippen molar-refractivity contribution < 1.29 is 18.3 Å². The second kappa shape index (κ2) is 5.74. The lowest BCUT2D eigenvalue weighted by Gasteiger charge is -2.14. The number of hydrogen-bond acceptors (Lipinski definition) is 3. The van der Waals surface area contributed by atoms with Gasteiger partial charge in [0, 0.05) is 10.6 Å². The average molecular weight is 336 g/mol. The van der Waals surface area contributed by atoms with E-state index in [9.17, 15) is 13.6 Å². The third-order valence-corrected chi connectivity index (χ3v) is 3.73. The molecule has 2 aromatic carbocycles. The Morgan fingerprint density at radius 2 is 1.91 bits per heavy atom. The van der Waals surface area contributed by atoms with E-state index in [0.29, 0.717) is 10.6 Å². The molecule has 0 N–H and O–H groups in total. The van der Waals surface area contributed by atoms with Crippen LogP contribution >= 0.6 is 11.6 Å². The Kier molecular flexibility index (Phi) is 3.90. The van der Waals surface area contributed by atoms with Crippen LogP contribution in [0.15, 0.2) is 47.5 Å². The molecule has 0 fully saturated rings. The predicted molar refractivity (Wildman–Crippen MR) is 83.9 cm³/mol. The molecular weight excluding hydrogens is 324 g/mol. The maximum Gasteiger partial charge on any atom is 0.338 e. The van der Waals surface area contributed by atoms with Crippen molar-refractivity contribution >= 4 is 29.0 Å². The molecule has 0 saturated heterocycles. The highest BCUT2D eigenvalue weighted by Gasteiger charge is 2.45. The van der Waals surface area contributed by atoms with Gasteiger partial charge in [-0.2, -0.15) is 8.78 Å². The number of carbonyl (C=O) groups is 1. The summed E-state index contributed by atoms with van der Waals surface area (Å²) in [4.78, 5) is 15.6. The Labute approximate surface area is 136 Å². The molecule has 1 heterocycles. The number of fused-ring (bicyclic) bond motifs is 1. The number of halogens is 3. The van der Waals surface area contributed by atoms with Crippen molar-refractivity contribution in [2.75, 3.05) is 6.61 Å². The molecule has 3 rings (SSSR count). The van der Waals surface area contributed by atoms with Crippen LogP contribution in [0, 0.1) is 0 Å². The molecule has 23 heavy (non-hydrogen) atoms. The predicted octanol–water partition coefficient (Wildman–Crippen LogP) is 4.74. The molecule has 0 spiro atoms. The molecule has 0 aliphatic carbocycles. The third kappa shape index (κ3) is 2.72. The Morgan fingerprint density at radius 3 is 2.57 bits per heavy atom. The number of rotatable bonds is 3. The van der Waals surface area contributed by atoms with Gasteiger partial charge in [0.15, 0.2) is 0 Å². The van der Waals surface area contributed by atoms with Crippen LogP contribution in [-0.4, -0.2) is 18.3 Å². The second-order valence-corrected chi connectivity index (χ2v) is 5.43. The molecule has 0 atom stereocenters. The molecule has 0 aromatic heterocycles. The van der Waals surface area contributed by atoms with Crippen LogP contribution in [0.25, 0.3) is 0 Å². The van der Waals surface area contributed by atoms with E-state index in [1.165, 1.54) is 42.5 Å². The quantitative estimate of drug-likeness (QED) is 0.760. The molecule has 2 aromatic rings. The van der Waals surface area contributed by atoms with Crippen molar-refractivity contribution in [1.82, 2.24) is 0 Å². The number of hydrogen-bond donors (Lipinski definition) is 0. The third-order valence-electron chi connectivity index (χ3n) is 3.50. The van der Waals surface area contributed by atoms with E-state index in [1.807, 2.05) is 0 Å². The molecule has 1 aliphatic heterocycles. The van der Waals surface area contributed by atoms with Crippen LogP contribution in [0.4, 0.5) is 14.5 Å². The summed E-state index contributed by atoms with van der Waals surface area (Å²) in [6.07, 6.45) is 0. The Balaban J connectivity index is 1.96. The van der Waals surface area contributed by atoms with Crippen LogP contribution in [0.5, 0.6) is 0 Å². The van der Waals surface area contributed by atoms with E-state index < -0.39 is 11.9 Å². The molecule has 0 radical (unpaired) electrons. The summed E-state index contributed by atoms with van der Waals surface area (Å²) in [5.41, 5.74) is 0.178. The van der Waals surface area contributed by atoms with Crippen molar-refractivity contribution in [3.8, 4) is 0 Å². The van der Waals surface area contributed by atoms with Crippen molar-refractivity contribution in [1.29, 1.82) is 0 Å². The molecule has 118 valence electrons. The van der Waals surface area contributed by atoms with E-state index in [1.54, 1.807) is 6.92 Å². The van der Waals surface area contributed by atoms with Crippen molar-refractivity contribution in [3.05, 3.63) is 64.2 Å². The van der Waals surface area contributed by atoms with Gasteiger partial charge in [0.1, 0.15) is 5.71 Å². The zero-order chi connectivity index (χ0) is 16.6. The van der Waals surface area contributed by atoms with E-state index in [4.69, 9.17) is 16.3 Å². The van der Waals surface area contributed by atoms with Crippen LogP contribution < -0.4 is 0 Å². The number of nitrogens with zero attached hydrogens (tertiary/aromatic N) is 1. The minimum atomic E-state index is -3.20. The lowest BCUT2D eigenvalue weighted by atomic mass is 9.99. The van der Waals surface area contributed by atoms with Crippen LogP contribution in [0.3, 0.4) is 0 Å². The normalized spacial score (nSPS) is 15.0. The van der Waals surface area contributed by atoms with E-state index in [2.05, 4.69) is 4.99 Å². The minimum absolute atomic E-state index is 0.159. The summed E-state index contributed by atoms with van der Waals surface area (Å²) in [5, 5.41) is 0.349. The van der Waals surface area contributed by atoms with Gasteiger partial charge in [-0.15, -0.1) is 0 Å². The molecule has 6 heteroatoms.